The van der Waals surface area contributed by atoms with E-state index in [-0.39, 0.29) is 51.1 Å². The minimum Gasteiger partial charge on any atom is -0.468 e. The van der Waals surface area contributed by atoms with Gasteiger partial charge in [-0.2, -0.15) is 0 Å². The van der Waals surface area contributed by atoms with Crippen LogP contribution in [-0.4, -0.2) is 50.1 Å². The molecule has 0 saturated heterocycles. The lowest BCUT2D eigenvalue weighted by molar-refractivity contribution is -0.151. The smallest absolute Gasteiger partial charge is 0.322 e. The lowest BCUT2D eigenvalue weighted by Gasteiger charge is -2.15. The first-order valence-electron chi connectivity index (χ1n) is 8.02. The maximum Gasteiger partial charge on any atom is 0.322 e. The molecular weight excluding hydrogens is 318 g/mol. The fourth-order valence-electron chi connectivity index (χ4n) is 2.05. The summed E-state index contributed by atoms with van der Waals surface area (Å²) in [4.78, 5) is 46.5. The van der Waals surface area contributed by atoms with Crippen molar-refractivity contribution in [3.8, 4) is 0 Å². The van der Waals surface area contributed by atoms with Crippen LogP contribution in [0, 0.1) is 5.92 Å². The van der Waals surface area contributed by atoms with Crippen LogP contribution in [0.3, 0.4) is 0 Å². The van der Waals surface area contributed by atoms with Crippen molar-refractivity contribution in [2.24, 2.45) is 11.7 Å². The van der Waals surface area contributed by atoms with Gasteiger partial charge in [0.25, 0.3) is 0 Å². The van der Waals surface area contributed by atoms with E-state index in [0.29, 0.717) is 0 Å². The van der Waals surface area contributed by atoms with E-state index in [4.69, 9.17) is 15.2 Å². The van der Waals surface area contributed by atoms with Crippen LogP contribution in [0.5, 0.6) is 0 Å². The largest absolute Gasteiger partial charge is 0.468 e. The quantitative estimate of drug-likeness (QED) is 0.406. The van der Waals surface area contributed by atoms with E-state index in [1.165, 1.54) is 7.11 Å². The Morgan fingerprint density at radius 1 is 0.917 bits per heavy atom. The molecule has 0 heterocycles. The Hall–Kier alpha value is -1.96. The van der Waals surface area contributed by atoms with Gasteiger partial charge in [0.1, 0.15) is 11.8 Å². The Labute approximate surface area is 142 Å². The molecule has 2 atom stereocenters. The second-order valence-electron chi connectivity index (χ2n) is 5.20. The molecule has 0 unspecified atom stereocenters. The second-order valence-corrected chi connectivity index (χ2v) is 5.20. The van der Waals surface area contributed by atoms with E-state index < -0.39 is 29.9 Å². The van der Waals surface area contributed by atoms with Crippen molar-refractivity contribution < 1.29 is 33.4 Å². The molecule has 0 saturated carbocycles. The van der Waals surface area contributed by atoms with Crippen molar-refractivity contribution in [1.29, 1.82) is 0 Å². The van der Waals surface area contributed by atoms with Gasteiger partial charge >= 0.3 is 17.9 Å². The summed E-state index contributed by atoms with van der Waals surface area (Å²) in [7, 11) is 1.22. The van der Waals surface area contributed by atoms with Gasteiger partial charge in [0, 0.05) is 19.3 Å². The maximum absolute atomic E-state index is 12.0. The Bertz CT molecular complexity index is 436. The van der Waals surface area contributed by atoms with Gasteiger partial charge in [-0.1, -0.05) is 0 Å². The van der Waals surface area contributed by atoms with Crippen LogP contribution in [0.25, 0.3) is 0 Å². The zero-order chi connectivity index (χ0) is 18.5. The van der Waals surface area contributed by atoms with Crippen LogP contribution < -0.4 is 5.73 Å². The zero-order valence-corrected chi connectivity index (χ0v) is 14.5. The average molecular weight is 345 g/mol. The van der Waals surface area contributed by atoms with Gasteiger partial charge in [-0.3, -0.25) is 19.2 Å². The number of carbonyl (C=O) groups excluding carboxylic acids is 4. The highest BCUT2D eigenvalue weighted by Crippen LogP contribution is 2.17. The number of hydrogen-bond donors (Lipinski definition) is 1. The van der Waals surface area contributed by atoms with Crippen LogP contribution in [0.4, 0.5) is 0 Å². The van der Waals surface area contributed by atoms with E-state index in [0.717, 1.165) is 0 Å². The predicted molar refractivity (Wildman–Crippen MR) is 84.8 cm³/mol. The normalized spacial score (nSPS) is 12.8. The van der Waals surface area contributed by atoms with Crippen LogP contribution in [0.15, 0.2) is 0 Å². The fraction of sp³-hybridized carbons (Fsp3) is 0.750. The molecule has 0 aliphatic rings. The van der Waals surface area contributed by atoms with Gasteiger partial charge in [-0.05, 0) is 26.7 Å². The first kappa shape index (κ1) is 22.0. The van der Waals surface area contributed by atoms with Crippen LogP contribution in [-0.2, 0) is 33.4 Å². The third kappa shape index (κ3) is 9.24. The summed E-state index contributed by atoms with van der Waals surface area (Å²) in [5.74, 6) is -2.47. The highest BCUT2D eigenvalue weighted by Gasteiger charge is 2.25. The summed E-state index contributed by atoms with van der Waals surface area (Å²) in [5, 5.41) is 0. The van der Waals surface area contributed by atoms with Gasteiger partial charge in [0.05, 0.1) is 26.2 Å². The molecule has 24 heavy (non-hydrogen) atoms. The molecule has 138 valence electrons. The average Bonchev–Trinajstić information content (AvgIpc) is 2.55. The van der Waals surface area contributed by atoms with Gasteiger partial charge in [0.15, 0.2) is 0 Å². The van der Waals surface area contributed by atoms with Gasteiger partial charge < -0.3 is 19.9 Å². The molecule has 0 bridgehead atoms. The molecule has 8 nitrogen and oxygen atoms in total. The Morgan fingerprint density at radius 3 is 2.08 bits per heavy atom. The molecule has 0 radical (unpaired) electrons. The number of Topliss-reactive ketones (excluding diaryl/α,β-unsaturated/α-hetero) is 1. The second kappa shape index (κ2) is 12.5. The molecule has 0 aromatic rings. The van der Waals surface area contributed by atoms with Gasteiger partial charge in [0.2, 0.25) is 0 Å². The standard InChI is InChI=1S/C16H27NO7/c1-4-23-14(19)9-6-11(15(20)24-5-2)10-12(18)7-8-13(17)16(21)22-3/h11,13H,4-10,17H2,1-3H3/t11-,13+/m1/s1. The molecule has 0 aromatic heterocycles. The van der Waals surface area contributed by atoms with E-state index in [9.17, 15) is 19.2 Å². The SMILES string of the molecule is CCOC(=O)CC[C@H](CC(=O)CC[C@H](N)C(=O)OC)C(=O)OCC. The van der Waals surface area contributed by atoms with Crippen molar-refractivity contribution in [2.75, 3.05) is 20.3 Å². The Balaban J connectivity index is 4.51. The lowest BCUT2D eigenvalue weighted by atomic mass is 9.94. The molecule has 0 fully saturated rings. The summed E-state index contributed by atoms with van der Waals surface area (Å²) in [5.41, 5.74) is 5.57. The van der Waals surface area contributed by atoms with E-state index >= 15 is 0 Å². The third-order valence-corrected chi connectivity index (χ3v) is 3.33. The van der Waals surface area contributed by atoms with Crippen molar-refractivity contribution in [1.82, 2.24) is 0 Å². The number of rotatable bonds is 12. The monoisotopic (exact) mass is 345 g/mol. The van der Waals surface area contributed by atoms with E-state index in [1.54, 1.807) is 13.8 Å². The molecule has 0 amide bonds. The minimum absolute atomic E-state index is 0.0340. The van der Waals surface area contributed by atoms with Crippen molar-refractivity contribution >= 4 is 23.7 Å². The van der Waals surface area contributed by atoms with Crippen LogP contribution in [0.1, 0.15) is 46.0 Å². The molecule has 8 heteroatoms. The summed E-state index contributed by atoms with van der Waals surface area (Å²) in [6.45, 7) is 3.80. The van der Waals surface area contributed by atoms with Crippen LogP contribution >= 0.6 is 0 Å². The predicted octanol–water partition coefficient (Wildman–Crippen LogP) is 0.749. The highest BCUT2D eigenvalue weighted by atomic mass is 16.5. The molecule has 0 aliphatic carbocycles. The lowest BCUT2D eigenvalue weighted by Crippen LogP contribution is -2.32. The number of ether oxygens (including phenoxy) is 3. The van der Waals surface area contributed by atoms with E-state index in [2.05, 4.69) is 4.74 Å². The van der Waals surface area contributed by atoms with Crippen LogP contribution in [0.2, 0.25) is 0 Å². The first-order valence-corrected chi connectivity index (χ1v) is 8.02. The number of carbonyl (C=O) groups is 4. The molecule has 0 aliphatic heterocycles. The number of esters is 3. The van der Waals surface area contributed by atoms with Crippen molar-refractivity contribution in [3.63, 3.8) is 0 Å². The molecule has 0 aromatic carbocycles. The van der Waals surface area contributed by atoms with Gasteiger partial charge in [-0.25, -0.2) is 0 Å². The van der Waals surface area contributed by atoms with E-state index in [1.807, 2.05) is 0 Å². The summed E-state index contributed by atoms with van der Waals surface area (Å²) in [6, 6.07) is -0.875. The van der Waals surface area contributed by atoms with Crippen molar-refractivity contribution in [3.05, 3.63) is 0 Å². The minimum atomic E-state index is -0.875. The topological polar surface area (TPSA) is 122 Å². The summed E-state index contributed by atoms with van der Waals surface area (Å²) < 4.78 is 14.2. The number of ketones is 1. The Morgan fingerprint density at radius 2 is 1.54 bits per heavy atom. The fourth-order valence-corrected chi connectivity index (χ4v) is 2.05. The van der Waals surface area contributed by atoms with Crippen molar-refractivity contribution in [2.45, 2.75) is 52.0 Å². The first-order chi connectivity index (χ1) is 11.3. The highest BCUT2D eigenvalue weighted by molar-refractivity contribution is 5.85. The Kier molecular flexibility index (Phi) is 11.4. The maximum atomic E-state index is 12.0. The number of nitrogens with two attached hydrogens (primary N) is 1. The number of methoxy groups -OCH3 is 1. The molecule has 2 N–H and O–H groups in total. The number of hydrogen-bond acceptors (Lipinski definition) is 8. The summed E-state index contributed by atoms with van der Waals surface area (Å²) >= 11 is 0. The molecule has 0 spiro atoms. The third-order valence-electron chi connectivity index (χ3n) is 3.33. The zero-order valence-electron chi connectivity index (χ0n) is 14.5. The summed E-state index contributed by atoms with van der Waals surface area (Å²) in [6.07, 6.45) is 0.329. The molecular formula is C16H27NO7. The molecule has 0 rings (SSSR count). The van der Waals surface area contributed by atoms with Gasteiger partial charge in [-0.15, -0.1) is 0 Å².